The molecule has 0 saturated carbocycles. The first-order valence-electron chi connectivity index (χ1n) is 10.6. The summed E-state index contributed by atoms with van der Waals surface area (Å²) in [5, 5.41) is 6.71. The molecule has 0 fully saturated rings. The van der Waals surface area contributed by atoms with E-state index < -0.39 is 5.91 Å². The van der Waals surface area contributed by atoms with E-state index in [-0.39, 0.29) is 5.11 Å². The third-order valence-electron chi connectivity index (χ3n) is 5.01. The minimum absolute atomic E-state index is 0.132. The van der Waals surface area contributed by atoms with Gasteiger partial charge in [-0.25, -0.2) is 4.98 Å². The number of oxazole rings is 1. The van der Waals surface area contributed by atoms with E-state index in [0.717, 1.165) is 5.56 Å². The van der Waals surface area contributed by atoms with Crippen LogP contribution < -0.4 is 10.6 Å². The van der Waals surface area contributed by atoms with Crippen LogP contribution in [-0.2, 0) is 4.79 Å². The molecule has 10 heteroatoms. The second kappa shape index (κ2) is 10.3. The molecule has 0 unspecified atom stereocenters. The van der Waals surface area contributed by atoms with E-state index in [1.165, 1.54) is 12.2 Å². The Morgan fingerprint density at radius 2 is 1.92 bits per heavy atom. The van der Waals surface area contributed by atoms with Crippen LogP contribution in [0.15, 0.2) is 88.0 Å². The standard InChI is InChI=1S/C26H16Cl2N4O3S/c27-16-3-7-19(20(28)12-16)22-9-5-18(34-22)6-10-24(33)32-26(36)30-17-4-8-23-21(13-17)31-25(35-23)15-2-1-11-29-14-15/h1-14H,(H2,30,32,33,36)/b10-6+. The van der Waals surface area contributed by atoms with Crippen LogP contribution in [0, 0.1) is 0 Å². The first kappa shape index (κ1) is 23.7. The number of thiocarbonyl (C=S) groups is 1. The quantitative estimate of drug-likeness (QED) is 0.185. The summed E-state index contributed by atoms with van der Waals surface area (Å²) in [5.74, 6) is 1.09. The second-order valence-electron chi connectivity index (χ2n) is 7.55. The monoisotopic (exact) mass is 534 g/mol. The van der Waals surface area contributed by atoms with Gasteiger partial charge in [0, 0.05) is 34.7 Å². The van der Waals surface area contributed by atoms with Crippen molar-refractivity contribution in [2.24, 2.45) is 0 Å². The van der Waals surface area contributed by atoms with Crippen LogP contribution in [0.4, 0.5) is 5.69 Å². The van der Waals surface area contributed by atoms with Crippen molar-refractivity contribution in [1.29, 1.82) is 0 Å². The Morgan fingerprint density at radius 3 is 2.72 bits per heavy atom. The zero-order valence-corrected chi connectivity index (χ0v) is 20.7. The molecule has 0 saturated heterocycles. The molecule has 178 valence electrons. The summed E-state index contributed by atoms with van der Waals surface area (Å²) < 4.78 is 11.5. The lowest BCUT2D eigenvalue weighted by molar-refractivity contribution is -0.115. The molecule has 36 heavy (non-hydrogen) atoms. The number of anilines is 1. The highest BCUT2D eigenvalue weighted by atomic mass is 35.5. The van der Waals surface area contributed by atoms with Gasteiger partial charge in [-0.2, -0.15) is 0 Å². The van der Waals surface area contributed by atoms with Crippen LogP contribution >= 0.6 is 35.4 Å². The van der Waals surface area contributed by atoms with Crippen molar-refractivity contribution in [3.8, 4) is 22.8 Å². The minimum atomic E-state index is -0.420. The highest BCUT2D eigenvalue weighted by Crippen LogP contribution is 2.32. The summed E-state index contributed by atoms with van der Waals surface area (Å²) in [6.45, 7) is 0. The SMILES string of the molecule is O=C(/C=C/c1ccc(-c2ccc(Cl)cc2Cl)o1)NC(=S)Nc1ccc2oc(-c3cccnc3)nc2c1. The van der Waals surface area contributed by atoms with Crippen LogP contribution in [0.5, 0.6) is 0 Å². The van der Waals surface area contributed by atoms with Gasteiger partial charge in [0.2, 0.25) is 11.8 Å². The van der Waals surface area contributed by atoms with Gasteiger partial charge in [-0.3, -0.25) is 15.1 Å². The van der Waals surface area contributed by atoms with Crippen molar-refractivity contribution in [3.63, 3.8) is 0 Å². The van der Waals surface area contributed by atoms with E-state index >= 15 is 0 Å². The summed E-state index contributed by atoms with van der Waals surface area (Å²) in [6, 6.07) is 17.6. The Bertz CT molecular complexity index is 1610. The molecule has 0 bridgehead atoms. The number of hydrogen-bond donors (Lipinski definition) is 2. The highest BCUT2D eigenvalue weighted by molar-refractivity contribution is 7.80. The van der Waals surface area contributed by atoms with Gasteiger partial charge in [-0.15, -0.1) is 0 Å². The van der Waals surface area contributed by atoms with Crippen LogP contribution in [0.1, 0.15) is 5.76 Å². The Hall–Kier alpha value is -3.98. The summed E-state index contributed by atoms with van der Waals surface area (Å²) in [7, 11) is 0. The maximum Gasteiger partial charge on any atom is 0.250 e. The number of carbonyl (C=O) groups is 1. The van der Waals surface area contributed by atoms with Gasteiger partial charge in [-0.05, 0) is 79.0 Å². The molecule has 0 aliphatic rings. The molecule has 2 aromatic carbocycles. The summed E-state index contributed by atoms with van der Waals surface area (Å²) in [5.41, 5.74) is 3.39. The van der Waals surface area contributed by atoms with E-state index in [2.05, 4.69) is 20.6 Å². The third-order valence-corrected chi connectivity index (χ3v) is 5.76. The highest BCUT2D eigenvalue weighted by Gasteiger charge is 2.11. The number of halogens is 2. The van der Waals surface area contributed by atoms with Crippen molar-refractivity contribution in [3.05, 3.63) is 94.9 Å². The number of amides is 1. The fourth-order valence-corrected chi connectivity index (χ4v) is 4.09. The molecule has 0 aliphatic carbocycles. The number of furan rings is 1. The van der Waals surface area contributed by atoms with E-state index in [1.54, 1.807) is 60.9 Å². The van der Waals surface area contributed by atoms with Gasteiger partial charge in [0.15, 0.2) is 10.7 Å². The van der Waals surface area contributed by atoms with E-state index in [1.807, 2.05) is 12.1 Å². The zero-order chi connectivity index (χ0) is 25.1. The summed E-state index contributed by atoms with van der Waals surface area (Å²) in [6.07, 6.45) is 6.22. The predicted octanol–water partition coefficient (Wildman–Crippen LogP) is 6.98. The van der Waals surface area contributed by atoms with Crippen molar-refractivity contribution < 1.29 is 13.6 Å². The summed E-state index contributed by atoms with van der Waals surface area (Å²) in [4.78, 5) is 20.9. The van der Waals surface area contributed by atoms with Gasteiger partial charge in [0.05, 0.1) is 10.6 Å². The molecule has 1 amide bonds. The Morgan fingerprint density at radius 1 is 1.03 bits per heavy atom. The lowest BCUT2D eigenvalue weighted by Gasteiger charge is -2.07. The number of hydrogen-bond acceptors (Lipinski definition) is 6. The average molecular weight is 535 g/mol. The molecule has 0 atom stereocenters. The Labute approximate surface area is 220 Å². The van der Waals surface area contributed by atoms with Crippen LogP contribution in [-0.4, -0.2) is 21.0 Å². The molecule has 5 rings (SSSR count). The second-order valence-corrected chi connectivity index (χ2v) is 8.80. The molecule has 0 radical (unpaired) electrons. The molecule has 3 heterocycles. The molecular weight excluding hydrogens is 519 g/mol. The number of carbonyl (C=O) groups excluding carboxylic acids is 1. The van der Waals surface area contributed by atoms with Crippen molar-refractivity contribution in [2.75, 3.05) is 5.32 Å². The average Bonchev–Trinajstić information content (AvgIpc) is 3.50. The molecule has 0 spiro atoms. The lowest BCUT2D eigenvalue weighted by atomic mass is 10.2. The maximum absolute atomic E-state index is 12.3. The first-order valence-corrected chi connectivity index (χ1v) is 11.8. The van der Waals surface area contributed by atoms with Gasteiger partial charge in [0.25, 0.3) is 0 Å². The number of nitrogens with zero attached hydrogens (tertiary/aromatic N) is 2. The van der Waals surface area contributed by atoms with Crippen molar-refractivity contribution >= 4 is 69.3 Å². The van der Waals surface area contributed by atoms with E-state index in [9.17, 15) is 4.79 Å². The minimum Gasteiger partial charge on any atom is -0.457 e. The predicted molar refractivity (Wildman–Crippen MR) is 145 cm³/mol. The topological polar surface area (TPSA) is 93.2 Å². The number of rotatable bonds is 5. The van der Waals surface area contributed by atoms with Crippen LogP contribution in [0.25, 0.3) is 40.0 Å². The van der Waals surface area contributed by atoms with Crippen molar-refractivity contribution in [1.82, 2.24) is 15.3 Å². The number of pyridine rings is 1. The molecule has 7 nitrogen and oxygen atoms in total. The molecule has 0 aliphatic heterocycles. The van der Waals surface area contributed by atoms with E-state index in [4.69, 9.17) is 44.3 Å². The fraction of sp³-hybridized carbons (Fsp3) is 0. The van der Waals surface area contributed by atoms with Crippen molar-refractivity contribution in [2.45, 2.75) is 0 Å². The largest absolute Gasteiger partial charge is 0.457 e. The van der Waals surface area contributed by atoms with Gasteiger partial charge >= 0.3 is 0 Å². The molecule has 3 aromatic heterocycles. The normalized spacial score (nSPS) is 11.2. The number of nitrogens with one attached hydrogen (secondary N) is 2. The maximum atomic E-state index is 12.3. The first-order chi connectivity index (χ1) is 17.4. The fourth-order valence-electron chi connectivity index (χ4n) is 3.37. The molecular formula is C26H16Cl2N4O3S. The van der Waals surface area contributed by atoms with Gasteiger partial charge < -0.3 is 14.2 Å². The smallest absolute Gasteiger partial charge is 0.250 e. The lowest BCUT2D eigenvalue weighted by Crippen LogP contribution is -2.32. The number of benzene rings is 2. The Kier molecular flexibility index (Phi) is 6.81. The third kappa shape index (κ3) is 5.46. The van der Waals surface area contributed by atoms with E-state index in [0.29, 0.717) is 49.8 Å². The van der Waals surface area contributed by atoms with Gasteiger partial charge in [0.1, 0.15) is 17.0 Å². The number of aromatic nitrogens is 2. The summed E-state index contributed by atoms with van der Waals surface area (Å²) >= 11 is 17.4. The molecule has 2 N–H and O–H groups in total. The number of fused-ring (bicyclic) bond motifs is 1. The molecule has 5 aromatic rings. The zero-order valence-electron chi connectivity index (χ0n) is 18.4. The van der Waals surface area contributed by atoms with Crippen LogP contribution in [0.3, 0.4) is 0 Å². The van der Waals surface area contributed by atoms with Gasteiger partial charge in [-0.1, -0.05) is 23.2 Å². The Balaban J connectivity index is 1.20. The van der Waals surface area contributed by atoms with Crippen LogP contribution in [0.2, 0.25) is 10.0 Å².